The molecule has 0 aliphatic heterocycles. The molecule has 0 unspecified atom stereocenters. The maximum atomic E-state index is 5.32. The molecule has 0 saturated heterocycles. The lowest BCUT2D eigenvalue weighted by atomic mass is 10.1. The summed E-state index contributed by atoms with van der Waals surface area (Å²) >= 11 is 0. The highest BCUT2D eigenvalue weighted by molar-refractivity contribution is 5.19. The van der Waals surface area contributed by atoms with Crippen molar-refractivity contribution in [3.05, 3.63) is 23.7 Å². The van der Waals surface area contributed by atoms with Gasteiger partial charge in [-0.2, -0.15) is 0 Å². The van der Waals surface area contributed by atoms with Crippen LogP contribution in [0.5, 0.6) is 0 Å². The fraction of sp³-hybridized carbons (Fsp3) is 0.556. The Morgan fingerprint density at radius 1 is 1.50 bits per heavy atom. The lowest BCUT2D eigenvalue weighted by Gasteiger charge is -2.01. The number of hydrogen-bond acceptors (Lipinski definition) is 1. The summed E-state index contributed by atoms with van der Waals surface area (Å²) in [5.74, 6) is 1.66. The maximum absolute atomic E-state index is 5.32. The van der Waals surface area contributed by atoms with Crippen molar-refractivity contribution in [1.82, 2.24) is 0 Å². The second-order valence-electron chi connectivity index (χ2n) is 2.82. The molecular weight excluding hydrogens is 124 g/mol. The molecule has 0 spiro atoms. The first-order valence-electron chi connectivity index (χ1n) is 3.82. The van der Waals surface area contributed by atoms with Crippen molar-refractivity contribution in [2.24, 2.45) is 0 Å². The van der Waals surface area contributed by atoms with Crippen molar-refractivity contribution in [3.8, 4) is 0 Å². The predicted octanol–water partition coefficient (Wildman–Crippen LogP) is 2.97. The average molecular weight is 138 g/mol. The van der Waals surface area contributed by atoms with Crippen molar-refractivity contribution >= 4 is 0 Å². The van der Waals surface area contributed by atoms with Gasteiger partial charge in [-0.05, 0) is 18.1 Å². The molecule has 0 fully saturated rings. The Balaban J connectivity index is 2.90. The largest absolute Gasteiger partial charge is 0.469 e. The summed E-state index contributed by atoms with van der Waals surface area (Å²) in [5, 5.41) is 0. The lowest BCUT2D eigenvalue weighted by Crippen LogP contribution is -1.88. The third-order valence-corrected chi connectivity index (χ3v) is 1.69. The van der Waals surface area contributed by atoms with Crippen molar-refractivity contribution in [1.29, 1.82) is 0 Å². The van der Waals surface area contributed by atoms with Crippen LogP contribution < -0.4 is 0 Å². The van der Waals surface area contributed by atoms with Gasteiger partial charge >= 0.3 is 0 Å². The molecule has 0 saturated carbocycles. The lowest BCUT2D eigenvalue weighted by molar-refractivity contribution is 0.482. The molecule has 1 aromatic heterocycles. The molecule has 0 radical (unpaired) electrons. The molecule has 0 aliphatic rings. The summed E-state index contributed by atoms with van der Waals surface area (Å²) in [6.45, 7) is 6.45. The Morgan fingerprint density at radius 2 is 2.20 bits per heavy atom. The first-order valence-corrected chi connectivity index (χ1v) is 3.82. The van der Waals surface area contributed by atoms with Gasteiger partial charge in [0, 0.05) is 5.92 Å². The molecule has 0 aromatic carbocycles. The van der Waals surface area contributed by atoms with E-state index < -0.39 is 0 Å². The fourth-order valence-corrected chi connectivity index (χ4v) is 1.15. The summed E-state index contributed by atoms with van der Waals surface area (Å²) in [4.78, 5) is 0. The number of rotatable bonds is 2. The molecule has 0 aliphatic carbocycles. The zero-order valence-electron chi connectivity index (χ0n) is 6.85. The second kappa shape index (κ2) is 2.91. The van der Waals surface area contributed by atoms with Crippen molar-refractivity contribution < 1.29 is 4.42 Å². The van der Waals surface area contributed by atoms with E-state index in [0.29, 0.717) is 5.92 Å². The molecule has 1 nitrogen and oxygen atoms in total. The molecular formula is C9H14O. The van der Waals surface area contributed by atoms with Crippen molar-refractivity contribution in [3.63, 3.8) is 0 Å². The van der Waals surface area contributed by atoms with Crippen LogP contribution in [-0.2, 0) is 6.42 Å². The van der Waals surface area contributed by atoms with Gasteiger partial charge in [-0.1, -0.05) is 20.8 Å². The fourth-order valence-electron chi connectivity index (χ4n) is 1.15. The van der Waals surface area contributed by atoms with Gasteiger partial charge < -0.3 is 4.42 Å². The molecule has 0 amide bonds. The topological polar surface area (TPSA) is 13.1 Å². The first kappa shape index (κ1) is 7.39. The number of furan rings is 1. The summed E-state index contributed by atoms with van der Waals surface area (Å²) in [6, 6.07) is 2.05. The molecule has 10 heavy (non-hydrogen) atoms. The Bertz CT molecular complexity index is 198. The minimum absolute atomic E-state index is 0.518. The molecule has 56 valence electrons. The van der Waals surface area contributed by atoms with E-state index in [9.17, 15) is 0 Å². The molecule has 0 atom stereocenters. The molecule has 1 heterocycles. The molecule has 1 heteroatoms. The van der Waals surface area contributed by atoms with E-state index in [1.54, 1.807) is 6.26 Å². The minimum atomic E-state index is 0.518. The normalized spacial score (nSPS) is 10.8. The van der Waals surface area contributed by atoms with Gasteiger partial charge in [0.1, 0.15) is 5.76 Å². The Kier molecular flexibility index (Phi) is 2.15. The van der Waals surface area contributed by atoms with E-state index in [-0.39, 0.29) is 0 Å². The van der Waals surface area contributed by atoms with Gasteiger partial charge in [-0.3, -0.25) is 0 Å². The number of aryl methyl sites for hydroxylation is 1. The maximum Gasteiger partial charge on any atom is 0.109 e. The molecule has 0 N–H and O–H groups in total. The zero-order chi connectivity index (χ0) is 7.56. The summed E-state index contributed by atoms with van der Waals surface area (Å²) < 4.78 is 5.32. The summed E-state index contributed by atoms with van der Waals surface area (Å²) in [7, 11) is 0. The van der Waals surface area contributed by atoms with E-state index in [1.807, 2.05) is 0 Å². The van der Waals surface area contributed by atoms with Gasteiger partial charge in [0.25, 0.3) is 0 Å². The van der Waals surface area contributed by atoms with E-state index in [4.69, 9.17) is 4.42 Å². The second-order valence-corrected chi connectivity index (χ2v) is 2.82. The van der Waals surface area contributed by atoms with Crippen LogP contribution >= 0.6 is 0 Å². The summed E-state index contributed by atoms with van der Waals surface area (Å²) in [6.07, 6.45) is 2.85. The van der Waals surface area contributed by atoms with Gasteiger partial charge in [0.05, 0.1) is 6.26 Å². The predicted molar refractivity (Wildman–Crippen MR) is 42.2 cm³/mol. The third kappa shape index (κ3) is 1.23. The third-order valence-electron chi connectivity index (χ3n) is 1.69. The van der Waals surface area contributed by atoms with Crippen LogP contribution in [-0.4, -0.2) is 0 Å². The van der Waals surface area contributed by atoms with Gasteiger partial charge in [0.2, 0.25) is 0 Å². The number of hydrogen-bond donors (Lipinski definition) is 0. The van der Waals surface area contributed by atoms with Crippen LogP contribution in [0.25, 0.3) is 0 Å². The van der Waals surface area contributed by atoms with Gasteiger partial charge in [0.15, 0.2) is 0 Å². The SMILES string of the molecule is CCc1ccoc1C(C)C. The molecule has 0 bridgehead atoms. The van der Waals surface area contributed by atoms with E-state index in [0.717, 1.165) is 12.2 Å². The Morgan fingerprint density at radius 3 is 2.60 bits per heavy atom. The smallest absolute Gasteiger partial charge is 0.109 e. The highest BCUT2D eigenvalue weighted by atomic mass is 16.3. The van der Waals surface area contributed by atoms with Crippen LogP contribution in [0.15, 0.2) is 16.7 Å². The zero-order valence-corrected chi connectivity index (χ0v) is 6.85. The minimum Gasteiger partial charge on any atom is -0.469 e. The highest BCUT2D eigenvalue weighted by Crippen LogP contribution is 2.20. The highest BCUT2D eigenvalue weighted by Gasteiger charge is 2.07. The average Bonchev–Trinajstić information content (AvgIpc) is 2.33. The van der Waals surface area contributed by atoms with Crippen molar-refractivity contribution in [2.45, 2.75) is 33.1 Å². The Hall–Kier alpha value is -0.720. The van der Waals surface area contributed by atoms with Crippen molar-refractivity contribution in [2.75, 3.05) is 0 Å². The Labute approximate surface area is 62.1 Å². The van der Waals surface area contributed by atoms with E-state index >= 15 is 0 Å². The van der Waals surface area contributed by atoms with Crippen LogP contribution in [0, 0.1) is 0 Å². The molecule has 1 aromatic rings. The van der Waals surface area contributed by atoms with Crippen LogP contribution in [0.3, 0.4) is 0 Å². The quantitative estimate of drug-likeness (QED) is 0.612. The standard InChI is InChI=1S/C9H14O/c1-4-8-5-6-10-9(8)7(2)3/h5-7H,4H2,1-3H3. The van der Waals surface area contributed by atoms with Gasteiger partial charge in [-0.15, -0.1) is 0 Å². The summed E-state index contributed by atoms with van der Waals surface area (Å²) in [5.41, 5.74) is 1.34. The van der Waals surface area contributed by atoms with Crippen LogP contribution in [0.4, 0.5) is 0 Å². The first-order chi connectivity index (χ1) is 4.75. The van der Waals surface area contributed by atoms with Crippen LogP contribution in [0.2, 0.25) is 0 Å². The monoisotopic (exact) mass is 138 g/mol. The van der Waals surface area contributed by atoms with E-state index in [1.165, 1.54) is 5.56 Å². The van der Waals surface area contributed by atoms with E-state index in [2.05, 4.69) is 26.8 Å². The van der Waals surface area contributed by atoms with Crippen LogP contribution in [0.1, 0.15) is 38.0 Å². The van der Waals surface area contributed by atoms with Gasteiger partial charge in [-0.25, -0.2) is 0 Å². The molecule has 1 rings (SSSR count).